The van der Waals surface area contributed by atoms with Crippen LogP contribution in [0.5, 0.6) is 5.75 Å². The number of phenols is 1. The molecule has 0 aliphatic heterocycles. The summed E-state index contributed by atoms with van der Waals surface area (Å²) in [5, 5.41) is 27.1. The van der Waals surface area contributed by atoms with Crippen molar-refractivity contribution >= 4 is 68.5 Å². The maximum absolute atomic E-state index is 13.3. The molecule has 5 aromatic carbocycles. The Morgan fingerprint density at radius 2 is 1.32 bits per heavy atom. The molecule has 0 aliphatic carbocycles. The van der Waals surface area contributed by atoms with Gasteiger partial charge >= 0.3 is 0 Å². The molecule has 0 fully saturated rings. The number of halogens is 2. The van der Waals surface area contributed by atoms with E-state index in [1.165, 1.54) is 12.1 Å². The summed E-state index contributed by atoms with van der Waals surface area (Å²) < 4.78 is 0. The van der Waals surface area contributed by atoms with Crippen LogP contribution in [0.2, 0.25) is 10.0 Å². The van der Waals surface area contributed by atoms with Crippen LogP contribution in [0.4, 0.5) is 22.7 Å². The van der Waals surface area contributed by atoms with E-state index in [4.69, 9.17) is 23.2 Å². The van der Waals surface area contributed by atoms with Crippen molar-refractivity contribution in [3.8, 4) is 5.75 Å². The zero-order chi connectivity index (χ0) is 29.1. The van der Waals surface area contributed by atoms with Crippen molar-refractivity contribution in [2.24, 2.45) is 10.2 Å². The molecule has 0 saturated carbocycles. The minimum absolute atomic E-state index is 0.0399. The fourth-order valence-corrected chi connectivity index (χ4v) is 4.46. The number of fused-ring (bicyclic) bond motifs is 1. The molecule has 9 heteroatoms. The maximum Gasteiger partial charge on any atom is 0.259 e. The summed E-state index contributed by atoms with van der Waals surface area (Å²) in [6.45, 7) is 3.91. The molecule has 0 atom stereocenters. The Balaban J connectivity index is 1.58. The third kappa shape index (κ3) is 6.38. The summed E-state index contributed by atoms with van der Waals surface area (Å²) in [7, 11) is 0. The summed E-state index contributed by atoms with van der Waals surface area (Å²) in [4.78, 5) is 26.4. The van der Waals surface area contributed by atoms with Gasteiger partial charge in [0.2, 0.25) is 0 Å². The second-order valence-corrected chi connectivity index (χ2v) is 10.3. The lowest BCUT2D eigenvalue weighted by atomic mass is 10.00. The Morgan fingerprint density at radius 3 is 1.95 bits per heavy atom. The summed E-state index contributed by atoms with van der Waals surface area (Å²) in [6.07, 6.45) is 0. The molecule has 0 aliphatic rings. The van der Waals surface area contributed by atoms with Crippen molar-refractivity contribution in [2.45, 2.75) is 13.8 Å². The van der Waals surface area contributed by atoms with Gasteiger partial charge in [0.05, 0.1) is 10.6 Å². The highest BCUT2D eigenvalue weighted by Gasteiger charge is 2.20. The summed E-state index contributed by atoms with van der Waals surface area (Å²) >= 11 is 12.3. The first-order chi connectivity index (χ1) is 19.7. The summed E-state index contributed by atoms with van der Waals surface area (Å²) in [5.41, 5.74) is 3.96. The molecule has 0 spiro atoms. The predicted molar refractivity (Wildman–Crippen MR) is 165 cm³/mol. The largest absolute Gasteiger partial charge is 0.505 e. The number of benzene rings is 5. The molecule has 2 amide bonds. The summed E-state index contributed by atoms with van der Waals surface area (Å²) in [5.74, 6) is -1.26. The van der Waals surface area contributed by atoms with E-state index >= 15 is 0 Å². The molecular weight excluding hydrogens is 559 g/mol. The van der Waals surface area contributed by atoms with Crippen molar-refractivity contribution < 1.29 is 14.7 Å². The molecule has 7 nitrogen and oxygen atoms in total. The van der Waals surface area contributed by atoms with Gasteiger partial charge in [-0.15, -0.1) is 10.2 Å². The van der Waals surface area contributed by atoms with Crippen LogP contribution in [0.25, 0.3) is 10.8 Å². The van der Waals surface area contributed by atoms with Crippen molar-refractivity contribution in [2.75, 3.05) is 10.6 Å². The van der Waals surface area contributed by atoms with E-state index in [2.05, 4.69) is 20.9 Å². The fourth-order valence-electron chi connectivity index (χ4n) is 4.13. The molecule has 0 bridgehead atoms. The average molecular weight is 583 g/mol. The normalized spacial score (nSPS) is 11.1. The lowest BCUT2D eigenvalue weighted by Crippen LogP contribution is -2.13. The van der Waals surface area contributed by atoms with Gasteiger partial charge < -0.3 is 15.7 Å². The van der Waals surface area contributed by atoms with Crippen LogP contribution in [-0.2, 0) is 0 Å². The van der Waals surface area contributed by atoms with Gasteiger partial charge in [-0.2, -0.15) is 0 Å². The molecule has 0 heterocycles. The van der Waals surface area contributed by atoms with E-state index in [1.807, 2.05) is 50.2 Å². The number of amides is 2. The van der Waals surface area contributed by atoms with Crippen LogP contribution in [0.3, 0.4) is 0 Å². The number of hydrogen-bond acceptors (Lipinski definition) is 5. The van der Waals surface area contributed by atoms with Crippen molar-refractivity contribution in [3.05, 3.63) is 123 Å². The third-order valence-electron chi connectivity index (χ3n) is 6.38. The number of carbonyl (C=O) groups is 2. The number of aromatic hydroxyl groups is 1. The number of nitrogens with zero attached hydrogens (tertiary/aromatic N) is 2. The molecule has 5 aromatic rings. The van der Waals surface area contributed by atoms with Gasteiger partial charge in [0, 0.05) is 27.3 Å². The van der Waals surface area contributed by atoms with E-state index in [-0.39, 0.29) is 28.6 Å². The lowest BCUT2D eigenvalue weighted by Gasteiger charge is -2.13. The van der Waals surface area contributed by atoms with Gasteiger partial charge in [-0.1, -0.05) is 64.7 Å². The van der Waals surface area contributed by atoms with Gasteiger partial charge in [-0.3, -0.25) is 9.59 Å². The standard InChI is InChI=1S/C32H24Cl2N4O3/c1-18-3-9-23(10-4-18)35-31(40)20-7-13-25-21(15-20)16-26(32(41)36-24-11-5-19(2)6-12-24)30(39)29(25)38-37-28-17-22(33)8-14-27(28)34/h3-17,39H,1-2H3,(H,35,40)(H,36,41)/b38-37+. The number of carbonyl (C=O) groups excluding carboxylic acids is 2. The number of phenolic OH excluding ortho intramolecular Hbond substituents is 1. The van der Waals surface area contributed by atoms with Crippen LogP contribution < -0.4 is 10.6 Å². The van der Waals surface area contributed by atoms with Crippen LogP contribution >= 0.6 is 23.2 Å². The quantitative estimate of drug-likeness (QED) is 0.174. The van der Waals surface area contributed by atoms with Crippen LogP contribution in [0.15, 0.2) is 101 Å². The fraction of sp³-hybridized carbons (Fsp3) is 0.0625. The minimum atomic E-state index is -0.556. The number of aryl methyl sites for hydroxylation is 2. The minimum Gasteiger partial charge on any atom is -0.505 e. The van der Waals surface area contributed by atoms with Crippen LogP contribution in [0, 0.1) is 13.8 Å². The molecule has 204 valence electrons. The second kappa shape index (κ2) is 11.8. The van der Waals surface area contributed by atoms with Gasteiger partial charge in [-0.05, 0) is 79.9 Å². The smallest absolute Gasteiger partial charge is 0.259 e. The van der Waals surface area contributed by atoms with Crippen molar-refractivity contribution in [1.82, 2.24) is 0 Å². The first-order valence-corrected chi connectivity index (χ1v) is 13.4. The highest BCUT2D eigenvalue weighted by atomic mass is 35.5. The van der Waals surface area contributed by atoms with Gasteiger partial charge in [-0.25, -0.2) is 0 Å². The number of anilines is 2. The van der Waals surface area contributed by atoms with Crippen molar-refractivity contribution in [3.63, 3.8) is 0 Å². The topological polar surface area (TPSA) is 103 Å². The monoisotopic (exact) mass is 582 g/mol. The van der Waals surface area contributed by atoms with E-state index in [0.29, 0.717) is 37.8 Å². The molecule has 3 N–H and O–H groups in total. The Hall–Kier alpha value is -4.72. The number of rotatable bonds is 6. The van der Waals surface area contributed by atoms with Gasteiger partial charge in [0.1, 0.15) is 11.4 Å². The number of nitrogens with one attached hydrogen (secondary N) is 2. The maximum atomic E-state index is 13.3. The molecule has 0 radical (unpaired) electrons. The van der Waals surface area contributed by atoms with Gasteiger partial charge in [0.15, 0.2) is 5.75 Å². The molecule has 0 aromatic heterocycles. The highest BCUT2D eigenvalue weighted by Crippen LogP contribution is 2.41. The van der Waals surface area contributed by atoms with Crippen molar-refractivity contribution in [1.29, 1.82) is 0 Å². The Labute approximate surface area is 246 Å². The Kier molecular flexibility index (Phi) is 8.01. The summed E-state index contributed by atoms with van der Waals surface area (Å²) in [6, 6.07) is 25.9. The van der Waals surface area contributed by atoms with Crippen LogP contribution in [-0.4, -0.2) is 16.9 Å². The zero-order valence-electron chi connectivity index (χ0n) is 22.1. The first-order valence-electron chi connectivity index (χ1n) is 12.6. The Bertz CT molecular complexity index is 1820. The Morgan fingerprint density at radius 1 is 0.707 bits per heavy atom. The van der Waals surface area contributed by atoms with E-state index in [1.54, 1.807) is 42.5 Å². The van der Waals surface area contributed by atoms with Gasteiger partial charge in [0.25, 0.3) is 11.8 Å². The molecule has 0 saturated heterocycles. The molecule has 0 unspecified atom stereocenters. The molecule has 5 rings (SSSR count). The van der Waals surface area contributed by atoms with E-state index < -0.39 is 5.91 Å². The average Bonchev–Trinajstić information content (AvgIpc) is 2.96. The lowest BCUT2D eigenvalue weighted by molar-refractivity contribution is 0.101. The highest BCUT2D eigenvalue weighted by molar-refractivity contribution is 6.35. The first kappa shape index (κ1) is 27.8. The number of azo groups is 1. The zero-order valence-corrected chi connectivity index (χ0v) is 23.6. The third-order valence-corrected chi connectivity index (χ3v) is 6.93. The SMILES string of the molecule is Cc1ccc(NC(=O)c2ccc3c(/N=N/c4cc(Cl)ccc4Cl)c(O)c(C(=O)Nc4ccc(C)cc4)cc3c2)cc1. The van der Waals surface area contributed by atoms with Crippen LogP contribution in [0.1, 0.15) is 31.8 Å². The van der Waals surface area contributed by atoms with E-state index in [9.17, 15) is 14.7 Å². The number of hydrogen-bond donors (Lipinski definition) is 3. The van der Waals surface area contributed by atoms with E-state index in [0.717, 1.165) is 11.1 Å². The molecular formula is C32H24Cl2N4O3. The molecule has 41 heavy (non-hydrogen) atoms. The predicted octanol–water partition coefficient (Wildman–Crippen LogP) is 9.39. The second-order valence-electron chi connectivity index (χ2n) is 9.49.